The Labute approximate surface area is 135 Å². The number of anilines is 1. The van der Waals surface area contributed by atoms with Gasteiger partial charge >= 0.3 is 6.09 Å². The molecule has 4 N–H and O–H groups in total. The second-order valence-corrected chi connectivity index (χ2v) is 7.61. The summed E-state index contributed by atoms with van der Waals surface area (Å²) < 4.78 is 44.8. The van der Waals surface area contributed by atoms with E-state index in [-0.39, 0.29) is 18.8 Å². The van der Waals surface area contributed by atoms with Gasteiger partial charge in [0.25, 0.3) is 0 Å². The number of alkyl carbamates (subject to hydrolysis) is 1. The third-order valence-electron chi connectivity index (χ3n) is 2.56. The molecule has 0 atom stereocenters. The van der Waals surface area contributed by atoms with Crippen molar-refractivity contribution in [3.8, 4) is 0 Å². The van der Waals surface area contributed by atoms with E-state index in [1.165, 1.54) is 6.07 Å². The molecule has 0 aromatic heterocycles. The van der Waals surface area contributed by atoms with Crippen LogP contribution in [0.15, 0.2) is 23.1 Å². The van der Waals surface area contributed by atoms with E-state index in [0.717, 1.165) is 12.1 Å². The van der Waals surface area contributed by atoms with E-state index in [1.54, 1.807) is 20.8 Å². The number of carbonyl (C=O) groups is 1. The SMILES string of the molecule is CC(C)(C)OC(=O)NCCCNS(=O)(=O)c1cc(N)ccc1F. The molecule has 1 amide bonds. The van der Waals surface area contributed by atoms with Crippen LogP contribution in [0.25, 0.3) is 0 Å². The zero-order valence-electron chi connectivity index (χ0n) is 13.3. The van der Waals surface area contributed by atoms with Crippen LogP contribution in [0.1, 0.15) is 27.2 Å². The number of carbonyl (C=O) groups excluding carboxylic acids is 1. The predicted octanol–water partition coefficient (Wildman–Crippen LogP) is 1.60. The van der Waals surface area contributed by atoms with Gasteiger partial charge in [0.2, 0.25) is 10.0 Å². The smallest absolute Gasteiger partial charge is 0.407 e. The van der Waals surface area contributed by atoms with Crippen LogP contribution < -0.4 is 15.8 Å². The molecule has 0 saturated heterocycles. The van der Waals surface area contributed by atoms with Crippen molar-refractivity contribution in [2.45, 2.75) is 37.7 Å². The van der Waals surface area contributed by atoms with Crippen LogP contribution in [0.3, 0.4) is 0 Å². The maximum Gasteiger partial charge on any atom is 0.407 e. The summed E-state index contributed by atoms with van der Waals surface area (Å²) in [7, 11) is -3.99. The minimum absolute atomic E-state index is 0.0341. The number of nitrogens with one attached hydrogen (secondary N) is 2. The van der Waals surface area contributed by atoms with Crippen LogP contribution in [0.2, 0.25) is 0 Å². The van der Waals surface area contributed by atoms with Crippen LogP contribution in [0, 0.1) is 5.82 Å². The van der Waals surface area contributed by atoms with Crippen molar-refractivity contribution in [3.05, 3.63) is 24.0 Å². The van der Waals surface area contributed by atoms with Crippen molar-refractivity contribution in [2.75, 3.05) is 18.8 Å². The maximum absolute atomic E-state index is 13.6. The van der Waals surface area contributed by atoms with Crippen molar-refractivity contribution >= 4 is 21.8 Å². The lowest BCUT2D eigenvalue weighted by molar-refractivity contribution is 0.0527. The molecule has 0 aliphatic carbocycles. The Bertz CT molecular complexity index is 656. The Morgan fingerprint density at radius 3 is 2.57 bits per heavy atom. The number of amides is 1. The first-order valence-corrected chi connectivity index (χ1v) is 8.51. The highest BCUT2D eigenvalue weighted by Gasteiger charge is 2.19. The molecule has 1 rings (SSSR count). The molecule has 7 nitrogen and oxygen atoms in total. The van der Waals surface area contributed by atoms with E-state index in [4.69, 9.17) is 10.5 Å². The molecule has 0 fully saturated rings. The molecule has 23 heavy (non-hydrogen) atoms. The Morgan fingerprint density at radius 2 is 1.96 bits per heavy atom. The maximum atomic E-state index is 13.6. The van der Waals surface area contributed by atoms with Gasteiger partial charge in [0.15, 0.2) is 0 Å². The molecule has 0 unspecified atom stereocenters. The number of hydrogen-bond donors (Lipinski definition) is 3. The Morgan fingerprint density at radius 1 is 1.30 bits per heavy atom. The number of benzene rings is 1. The quantitative estimate of drug-likeness (QED) is 0.535. The molecule has 0 saturated carbocycles. The second-order valence-electron chi connectivity index (χ2n) is 5.87. The molecule has 0 radical (unpaired) electrons. The number of rotatable bonds is 6. The van der Waals surface area contributed by atoms with E-state index in [2.05, 4.69) is 10.0 Å². The average molecular weight is 347 g/mol. The minimum atomic E-state index is -3.99. The van der Waals surface area contributed by atoms with Gasteiger partial charge in [-0.2, -0.15) is 0 Å². The van der Waals surface area contributed by atoms with Gasteiger partial charge in [-0.25, -0.2) is 22.3 Å². The first-order chi connectivity index (χ1) is 10.5. The number of hydrogen-bond acceptors (Lipinski definition) is 5. The van der Waals surface area contributed by atoms with E-state index in [1.807, 2.05) is 0 Å². The summed E-state index contributed by atoms with van der Waals surface area (Å²) in [5.41, 5.74) is 5.01. The highest BCUT2D eigenvalue weighted by atomic mass is 32.2. The summed E-state index contributed by atoms with van der Waals surface area (Å²) in [4.78, 5) is 10.9. The Kier molecular flexibility index (Phi) is 6.34. The van der Waals surface area contributed by atoms with Crippen molar-refractivity contribution in [1.29, 1.82) is 0 Å². The molecular formula is C14H22FN3O4S. The van der Waals surface area contributed by atoms with Gasteiger partial charge in [0.1, 0.15) is 16.3 Å². The third-order valence-corrected chi connectivity index (χ3v) is 4.03. The lowest BCUT2D eigenvalue weighted by atomic mass is 10.2. The van der Waals surface area contributed by atoms with E-state index in [0.29, 0.717) is 6.42 Å². The molecular weight excluding hydrogens is 325 g/mol. The first-order valence-electron chi connectivity index (χ1n) is 7.03. The van der Waals surface area contributed by atoms with Crippen LogP contribution >= 0.6 is 0 Å². The topological polar surface area (TPSA) is 111 Å². The molecule has 130 valence electrons. The van der Waals surface area contributed by atoms with Gasteiger partial charge < -0.3 is 15.8 Å². The Balaban J connectivity index is 2.43. The number of ether oxygens (including phenoxy) is 1. The molecule has 0 aliphatic rings. The largest absolute Gasteiger partial charge is 0.444 e. The number of nitrogen functional groups attached to an aromatic ring is 1. The van der Waals surface area contributed by atoms with Gasteiger partial charge in [-0.1, -0.05) is 0 Å². The molecule has 0 spiro atoms. The zero-order chi connectivity index (χ0) is 17.7. The highest BCUT2D eigenvalue weighted by Crippen LogP contribution is 2.17. The Hall–Kier alpha value is -1.87. The summed E-state index contributed by atoms with van der Waals surface area (Å²) >= 11 is 0. The van der Waals surface area contributed by atoms with Gasteiger partial charge in [-0.05, 0) is 45.4 Å². The third kappa shape index (κ3) is 6.83. The fourth-order valence-corrected chi connectivity index (χ4v) is 2.79. The summed E-state index contributed by atoms with van der Waals surface area (Å²) in [6, 6.07) is 3.32. The second kappa shape index (κ2) is 7.60. The molecule has 1 aromatic rings. The average Bonchev–Trinajstić information content (AvgIpc) is 2.39. The minimum Gasteiger partial charge on any atom is -0.444 e. The van der Waals surface area contributed by atoms with Crippen LogP contribution in [-0.2, 0) is 14.8 Å². The highest BCUT2D eigenvalue weighted by molar-refractivity contribution is 7.89. The van der Waals surface area contributed by atoms with Crippen LogP contribution in [0.4, 0.5) is 14.9 Å². The fourth-order valence-electron chi connectivity index (χ4n) is 1.60. The normalized spacial score (nSPS) is 12.0. The van der Waals surface area contributed by atoms with Gasteiger partial charge in [0, 0.05) is 18.8 Å². The molecule has 0 aliphatic heterocycles. The van der Waals surface area contributed by atoms with Crippen LogP contribution in [0.5, 0.6) is 0 Å². The molecule has 9 heteroatoms. The standard InChI is InChI=1S/C14H22FN3O4S/c1-14(2,3)22-13(19)17-7-4-8-18-23(20,21)12-9-10(16)5-6-11(12)15/h5-6,9,18H,4,7-8,16H2,1-3H3,(H,17,19). The van der Waals surface area contributed by atoms with Crippen molar-refractivity contribution in [1.82, 2.24) is 10.0 Å². The van der Waals surface area contributed by atoms with Gasteiger partial charge in [0.05, 0.1) is 0 Å². The lowest BCUT2D eigenvalue weighted by Gasteiger charge is -2.19. The van der Waals surface area contributed by atoms with E-state index >= 15 is 0 Å². The summed E-state index contributed by atoms with van der Waals surface area (Å²) in [6.07, 6.45) is -0.259. The fraction of sp³-hybridized carbons (Fsp3) is 0.500. The first kappa shape index (κ1) is 19.2. The number of nitrogens with two attached hydrogens (primary N) is 1. The monoisotopic (exact) mass is 347 g/mol. The summed E-state index contributed by atoms with van der Waals surface area (Å²) in [5.74, 6) is -0.876. The summed E-state index contributed by atoms with van der Waals surface area (Å²) in [5, 5.41) is 2.50. The van der Waals surface area contributed by atoms with Gasteiger partial charge in [-0.15, -0.1) is 0 Å². The van der Waals surface area contributed by atoms with E-state index in [9.17, 15) is 17.6 Å². The number of halogens is 1. The summed E-state index contributed by atoms with van der Waals surface area (Å²) in [6.45, 7) is 5.46. The van der Waals surface area contributed by atoms with Crippen molar-refractivity contribution < 1.29 is 22.3 Å². The van der Waals surface area contributed by atoms with Crippen LogP contribution in [-0.4, -0.2) is 33.2 Å². The van der Waals surface area contributed by atoms with Crippen molar-refractivity contribution in [2.24, 2.45) is 0 Å². The van der Waals surface area contributed by atoms with Crippen molar-refractivity contribution in [3.63, 3.8) is 0 Å². The van der Waals surface area contributed by atoms with E-state index < -0.39 is 32.4 Å². The molecule has 0 bridgehead atoms. The molecule has 0 heterocycles. The predicted molar refractivity (Wildman–Crippen MR) is 84.9 cm³/mol. The van der Waals surface area contributed by atoms with Gasteiger partial charge in [-0.3, -0.25) is 0 Å². The zero-order valence-corrected chi connectivity index (χ0v) is 14.2. The number of sulfonamides is 1. The lowest BCUT2D eigenvalue weighted by Crippen LogP contribution is -2.34. The molecule has 1 aromatic carbocycles.